The first kappa shape index (κ1) is 30.5. The molecule has 1 unspecified atom stereocenters. The van der Waals surface area contributed by atoms with Crippen LogP contribution in [0.1, 0.15) is 80.6 Å². The molecule has 2 aromatic heterocycles. The monoisotopic (exact) mass is 574 g/mol. The van der Waals surface area contributed by atoms with Crippen LogP contribution in [0, 0.1) is 32.1 Å². The molecule has 4 heterocycles. The number of allylic oxidation sites excluding steroid dienone is 2. The first-order valence-corrected chi connectivity index (χ1v) is 14.0. The van der Waals surface area contributed by atoms with E-state index in [1.807, 2.05) is 39.8 Å². The van der Waals surface area contributed by atoms with Crippen molar-refractivity contribution in [2.24, 2.45) is 16.3 Å². The Balaban J connectivity index is 1.83. The van der Waals surface area contributed by atoms with Crippen LogP contribution in [-0.2, 0) is 25.6 Å². The van der Waals surface area contributed by atoms with Crippen molar-refractivity contribution in [1.29, 1.82) is 0 Å². The summed E-state index contributed by atoms with van der Waals surface area (Å²) in [5.41, 5.74) is 7.01. The third-order valence-electron chi connectivity index (χ3n) is 8.68. The molecular weight excluding hydrogens is 536 g/mol. The fourth-order valence-electron chi connectivity index (χ4n) is 5.71. The molecule has 222 valence electrons. The van der Waals surface area contributed by atoms with Crippen LogP contribution in [0.15, 0.2) is 21.8 Å². The summed E-state index contributed by atoms with van der Waals surface area (Å²) in [6.07, 6.45) is 6.35. The summed E-state index contributed by atoms with van der Waals surface area (Å²) >= 11 is 0. The Morgan fingerprint density at radius 2 is 1.55 bits per heavy atom. The van der Waals surface area contributed by atoms with Gasteiger partial charge in [-0.1, -0.05) is 20.8 Å². The first-order chi connectivity index (χ1) is 19.6. The highest BCUT2D eigenvalue weighted by Gasteiger charge is 2.46. The number of aliphatic imine (C=N–C) groups is 1. The fourth-order valence-corrected chi connectivity index (χ4v) is 5.71. The van der Waals surface area contributed by atoms with Gasteiger partial charge in [-0.05, 0) is 86.6 Å². The summed E-state index contributed by atoms with van der Waals surface area (Å²) in [6.45, 7) is 13.1. The highest BCUT2D eigenvalue weighted by molar-refractivity contribution is 6.30. The molecule has 10 heteroatoms. The van der Waals surface area contributed by atoms with Gasteiger partial charge >= 0.3 is 11.9 Å². The van der Waals surface area contributed by atoms with E-state index in [-0.39, 0.29) is 24.7 Å². The molecule has 5 N–H and O–H groups in total. The van der Waals surface area contributed by atoms with Crippen LogP contribution in [0.5, 0.6) is 0 Å². The van der Waals surface area contributed by atoms with Crippen molar-refractivity contribution >= 4 is 47.7 Å². The van der Waals surface area contributed by atoms with E-state index in [1.54, 1.807) is 26.8 Å². The Kier molecular flexibility index (Phi) is 8.29. The minimum absolute atomic E-state index is 0.0435. The smallest absolute Gasteiger partial charge is 0.304 e. The highest BCUT2D eigenvalue weighted by atomic mass is 16.4. The summed E-state index contributed by atoms with van der Waals surface area (Å²) in [5.74, 6) is -2.83. The third kappa shape index (κ3) is 5.66. The summed E-state index contributed by atoms with van der Waals surface area (Å²) in [5, 5.41) is 23.2. The number of aromatic amines is 2. The number of rotatable bonds is 9. The minimum atomic E-state index is -0.975. The largest absolute Gasteiger partial charge is 0.481 e. The molecule has 2 aliphatic rings. The van der Waals surface area contributed by atoms with Gasteiger partial charge in [0.15, 0.2) is 0 Å². The lowest BCUT2D eigenvalue weighted by molar-refractivity contribution is -0.139. The van der Waals surface area contributed by atoms with Gasteiger partial charge in [-0.15, -0.1) is 0 Å². The van der Waals surface area contributed by atoms with E-state index in [9.17, 15) is 29.4 Å². The number of aliphatic carboxylic acids is 2. The Hall–Kier alpha value is -4.47. The van der Waals surface area contributed by atoms with Crippen LogP contribution in [-0.4, -0.2) is 49.6 Å². The lowest BCUT2D eigenvalue weighted by Crippen LogP contribution is -2.29. The molecule has 0 aromatic carbocycles. The number of nitrogens with one attached hydrogen (secondary N) is 3. The van der Waals surface area contributed by atoms with E-state index in [1.165, 1.54) is 0 Å². The molecular formula is C32H38N4O6. The van der Waals surface area contributed by atoms with Gasteiger partial charge in [0.05, 0.1) is 17.5 Å². The van der Waals surface area contributed by atoms with Crippen molar-refractivity contribution < 1.29 is 29.4 Å². The van der Waals surface area contributed by atoms with Crippen molar-refractivity contribution in [3.05, 3.63) is 61.2 Å². The molecule has 1 atom stereocenters. The van der Waals surface area contributed by atoms with Gasteiger partial charge in [0.1, 0.15) is 0 Å². The molecule has 2 aliphatic heterocycles. The van der Waals surface area contributed by atoms with Gasteiger partial charge in [-0.25, -0.2) is 4.99 Å². The molecule has 0 saturated carbocycles. The molecule has 0 aliphatic carbocycles. The maximum absolute atomic E-state index is 12.6. The maximum atomic E-state index is 12.6. The lowest BCUT2D eigenvalue weighted by Gasteiger charge is -2.22. The number of H-pyrrole nitrogens is 2. The van der Waals surface area contributed by atoms with Crippen molar-refractivity contribution in [3.63, 3.8) is 0 Å². The van der Waals surface area contributed by atoms with Crippen LogP contribution in [0.2, 0.25) is 0 Å². The average molecular weight is 575 g/mol. The van der Waals surface area contributed by atoms with E-state index in [2.05, 4.69) is 20.3 Å². The lowest BCUT2D eigenvalue weighted by atomic mass is 9.78. The van der Waals surface area contributed by atoms with Gasteiger partial charge in [0.25, 0.3) is 5.91 Å². The molecule has 1 fully saturated rings. The number of aromatic nitrogens is 2. The van der Waals surface area contributed by atoms with Crippen LogP contribution < -0.4 is 16.0 Å². The van der Waals surface area contributed by atoms with Gasteiger partial charge in [-0.2, -0.15) is 0 Å². The Labute approximate surface area is 244 Å². The van der Waals surface area contributed by atoms with Crippen LogP contribution in [0.25, 0.3) is 18.2 Å². The molecule has 2 aromatic rings. The number of carbonyl (C=O) groups is 4. The first-order valence-electron chi connectivity index (χ1n) is 14.0. The predicted octanol–water partition coefficient (Wildman–Crippen LogP) is 3.19. The normalized spacial score (nSPS) is 20.2. The van der Waals surface area contributed by atoms with Crippen molar-refractivity contribution in [3.8, 4) is 0 Å². The Morgan fingerprint density at radius 1 is 0.905 bits per heavy atom. The van der Waals surface area contributed by atoms with E-state index in [4.69, 9.17) is 0 Å². The van der Waals surface area contributed by atoms with Gasteiger partial charge in [0, 0.05) is 45.7 Å². The zero-order chi connectivity index (χ0) is 31.1. The zero-order valence-electron chi connectivity index (χ0n) is 25.1. The summed E-state index contributed by atoms with van der Waals surface area (Å²) in [6, 6.07) is 0. The summed E-state index contributed by atoms with van der Waals surface area (Å²) in [7, 11) is 0. The standard InChI is InChI=1S/C32H38N4O6/c1-8-19-18(5)30(41)35-25(19)13-24-17(4)20(9-10-28(37)38)26(34-24)12-22-15(2)16(3)23(33-22)14-27-21(11-29(39)40)32(6,7)31(42)36-27/h12-14,21,33-34H,8-11H2,1-7H3,(H,36,42)(H,37,38)(H,39,40)/b24-13-,26-12-,27-14-. The number of amides is 2. The minimum Gasteiger partial charge on any atom is -0.481 e. The molecule has 0 bridgehead atoms. The molecule has 42 heavy (non-hydrogen) atoms. The van der Waals surface area contributed by atoms with E-state index < -0.39 is 23.3 Å². The van der Waals surface area contributed by atoms with Crippen molar-refractivity contribution in [1.82, 2.24) is 15.3 Å². The molecule has 1 saturated heterocycles. The number of hydrogen-bond acceptors (Lipinski definition) is 4. The third-order valence-corrected chi connectivity index (χ3v) is 8.68. The molecule has 0 spiro atoms. The predicted molar refractivity (Wildman–Crippen MR) is 160 cm³/mol. The van der Waals surface area contributed by atoms with Gasteiger partial charge in [-0.3, -0.25) is 19.2 Å². The number of carboxylic acids is 2. The number of carboxylic acid groups (broad SMARTS) is 2. The van der Waals surface area contributed by atoms with Gasteiger partial charge < -0.3 is 25.5 Å². The second-order valence-corrected chi connectivity index (χ2v) is 11.6. The number of nitrogens with zero attached hydrogens (tertiary/aromatic N) is 1. The summed E-state index contributed by atoms with van der Waals surface area (Å²) in [4.78, 5) is 58.9. The second-order valence-electron chi connectivity index (χ2n) is 11.6. The maximum Gasteiger partial charge on any atom is 0.304 e. The number of hydrogen-bond donors (Lipinski definition) is 5. The van der Waals surface area contributed by atoms with Crippen molar-refractivity contribution in [2.45, 2.75) is 74.1 Å². The van der Waals surface area contributed by atoms with Crippen LogP contribution >= 0.6 is 0 Å². The topological polar surface area (TPSA) is 165 Å². The SMILES string of the molecule is CCC1=C(C)C(=O)N=C1/C=c1\[nH]/c(=C\c2[nH]c(/C=C3\NC(=O)C(C)(C)C3CC(=O)O)c(C)c2C)c(CCC(=O)O)c1C. The Morgan fingerprint density at radius 3 is 2.14 bits per heavy atom. The van der Waals surface area contributed by atoms with Crippen molar-refractivity contribution in [2.75, 3.05) is 0 Å². The van der Waals surface area contributed by atoms with Crippen LogP contribution in [0.4, 0.5) is 0 Å². The molecule has 10 nitrogen and oxygen atoms in total. The fraction of sp³-hybridized carbons (Fsp3) is 0.406. The van der Waals surface area contributed by atoms with E-state index in [0.717, 1.165) is 49.9 Å². The second kappa shape index (κ2) is 11.4. The average Bonchev–Trinajstić information content (AvgIpc) is 3.52. The molecule has 0 radical (unpaired) electrons. The molecule has 4 rings (SSSR count). The zero-order valence-corrected chi connectivity index (χ0v) is 25.1. The summed E-state index contributed by atoms with van der Waals surface area (Å²) < 4.78 is 0. The quantitative estimate of drug-likeness (QED) is 0.309. The highest BCUT2D eigenvalue weighted by Crippen LogP contribution is 2.41. The Bertz CT molecular complexity index is 1730. The number of carbonyl (C=O) groups excluding carboxylic acids is 2. The van der Waals surface area contributed by atoms with Gasteiger partial charge in [0.2, 0.25) is 5.91 Å². The van der Waals surface area contributed by atoms with E-state index >= 15 is 0 Å². The van der Waals surface area contributed by atoms with Crippen LogP contribution in [0.3, 0.4) is 0 Å². The van der Waals surface area contributed by atoms with E-state index in [0.29, 0.717) is 29.8 Å². The molecule has 2 amide bonds.